The Kier molecular flexibility index (Phi) is 4.25. The number of benzene rings is 2. The minimum absolute atomic E-state index is 0.203. The van der Waals surface area contributed by atoms with Crippen LogP contribution in [0.15, 0.2) is 54.6 Å². The van der Waals surface area contributed by atoms with E-state index >= 15 is 0 Å². The minimum Gasteiger partial charge on any atom is -0.482 e. The minimum atomic E-state index is -0.436. The van der Waals surface area contributed by atoms with Gasteiger partial charge >= 0.3 is 5.69 Å². The molecule has 3 nitrogen and oxygen atoms in total. The van der Waals surface area contributed by atoms with Crippen LogP contribution in [0.5, 0.6) is 5.75 Å². The van der Waals surface area contributed by atoms with Gasteiger partial charge in [0.25, 0.3) is 0 Å². The van der Waals surface area contributed by atoms with Crippen LogP contribution >= 0.6 is 0 Å². The van der Waals surface area contributed by atoms with E-state index in [9.17, 15) is 4.39 Å². The molecule has 0 saturated heterocycles. The summed E-state index contributed by atoms with van der Waals surface area (Å²) in [5.41, 5.74) is 1.26. The Morgan fingerprint density at radius 2 is 1.95 bits per heavy atom. The summed E-state index contributed by atoms with van der Waals surface area (Å²) in [6.45, 7) is 0.265. The van der Waals surface area contributed by atoms with Gasteiger partial charge in [0.15, 0.2) is 4.98 Å². The average molecular weight is 255 g/mol. The van der Waals surface area contributed by atoms with Crippen molar-refractivity contribution in [3.63, 3.8) is 0 Å². The molecule has 0 amide bonds. The van der Waals surface area contributed by atoms with E-state index < -0.39 is 5.82 Å². The maximum Gasteiger partial charge on any atom is 0.426 e. The fourth-order valence-corrected chi connectivity index (χ4v) is 1.57. The van der Waals surface area contributed by atoms with E-state index in [0.29, 0.717) is 0 Å². The Morgan fingerprint density at radius 3 is 2.68 bits per heavy atom. The maximum absolute atomic E-state index is 13.0. The summed E-state index contributed by atoms with van der Waals surface area (Å²) < 4.78 is 18.4. The van der Waals surface area contributed by atoms with Crippen molar-refractivity contribution in [2.75, 3.05) is 6.61 Å². The Labute approximate surface area is 110 Å². The molecule has 0 aromatic heterocycles. The third-order valence-corrected chi connectivity index (χ3v) is 2.47. The molecule has 0 aliphatic heterocycles. The van der Waals surface area contributed by atoms with Gasteiger partial charge in [-0.3, -0.25) is 0 Å². The van der Waals surface area contributed by atoms with Crippen molar-refractivity contribution in [3.8, 4) is 5.75 Å². The van der Waals surface area contributed by atoms with Gasteiger partial charge in [-0.15, -0.1) is 0 Å². The predicted molar refractivity (Wildman–Crippen MR) is 72.1 cm³/mol. The predicted octanol–water partition coefficient (Wildman–Crippen LogP) is 4.40. The molecular formula is C15H12FN2O+. The summed E-state index contributed by atoms with van der Waals surface area (Å²) in [4.78, 5) is 3.03. The Balaban J connectivity index is 1.98. The van der Waals surface area contributed by atoms with Crippen LogP contribution in [0.2, 0.25) is 0 Å². The summed E-state index contributed by atoms with van der Waals surface area (Å²) >= 11 is 0. The number of nitrogens with zero attached hydrogens (tertiary/aromatic N) is 2. The molecule has 0 atom stereocenters. The summed E-state index contributed by atoms with van der Waals surface area (Å²) in [6.07, 6.45) is 3.70. The van der Waals surface area contributed by atoms with Gasteiger partial charge < -0.3 is 4.74 Å². The third-order valence-electron chi connectivity index (χ3n) is 2.47. The summed E-state index contributed by atoms with van der Waals surface area (Å²) in [7, 11) is 0. The van der Waals surface area contributed by atoms with Crippen LogP contribution < -0.4 is 4.74 Å². The molecule has 0 aliphatic carbocycles. The molecule has 2 aromatic carbocycles. The van der Waals surface area contributed by atoms with Gasteiger partial charge in [-0.1, -0.05) is 36.4 Å². The number of hydrogen-bond acceptors (Lipinski definition) is 2. The van der Waals surface area contributed by atoms with Gasteiger partial charge in [-0.25, -0.2) is 4.39 Å². The number of ether oxygens (including phenoxy) is 1. The number of halogens is 1. The Morgan fingerprint density at radius 1 is 1.16 bits per heavy atom. The number of diazo groups is 1. The first-order valence-electron chi connectivity index (χ1n) is 5.78. The highest BCUT2D eigenvalue weighted by atomic mass is 19.1. The van der Waals surface area contributed by atoms with Crippen LogP contribution in [0, 0.1) is 11.2 Å². The van der Waals surface area contributed by atoms with Crippen molar-refractivity contribution in [2.45, 2.75) is 0 Å². The van der Waals surface area contributed by atoms with E-state index in [1.807, 2.05) is 36.4 Å². The van der Waals surface area contributed by atoms with Gasteiger partial charge in [0, 0.05) is 12.1 Å². The molecule has 0 radical (unpaired) electrons. The molecule has 94 valence electrons. The normalized spacial score (nSPS) is 10.3. The maximum atomic E-state index is 13.0. The second-order valence-corrected chi connectivity index (χ2v) is 3.84. The van der Waals surface area contributed by atoms with Crippen LogP contribution in [0.3, 0.4) is 0 Å². The quantitative estimate of drug-likeness (QED) is 0.759. The van der Waals surface area contributed by atoms with Gasteiger partial charge in [0.1, 0.15) is 12.4 Å². The average Bonchev–Trinajstić information content (AvgIpc) is 2.45. The molecule has 19 heavy (non-hydrogen) atoms. The standard InChI is InChI=1S/C15H12FN2O/c16-13-8-9-14(18-17)15(11-13)19-10-4-7-12-5-2-1-3-6-12/h1-9,11H,10H2/q+1/b7-4+. The Bertz CT molecular complexity index is 618. The Hall–Kier alpha value is -2.67. The highest BCUT2D eigenvalue weighted by molar-refractivity contribution is 5.57. The van der Waals surface area contributed by atoms with Gasteiger partial charge in [-0.2, -0.15) is 0 Å². The van der Waals surface area contributed by atoms with Crippen molar-refractivity contribution >= 4 is 11.8 Å². The molecule has 2 rings (SSSR count). The zero-order valence-electron chi connectivity index (χ0n) is 10.2. The van der Waals surface area contributed by atoms with Crippen molar-refractivity contribution in [1.29, 1.82) is 5.39 Å². The first-order valence-corrected chi connectivity index (χ1v) is 5.78. The summed E-state index contributed by atoms with van der Waals surface area (Å²) in [6, 6.07) is 13.5. The molecule has 0 N–H and O–H groups in total. The molecule has 2 aromatic rings. The molecule has 0 unspecified atom stereocenters. The van der Waals surface area contributed by atoms with Gasteiger partial charge in [-0.05, 0) is 17.7 Å². The van der Waals surface area contributed by atoms with Gasteiger partial charge in [0.2, 0.25) is 11.1 Å². The molecule has 0 saturated carbocycles. The number of hydrogen-bond donors (Lipinski definition) is 0. The molecule has 0 bridgehead atoms. The fraction of sp³-hybridized carbons (Fsp3) is 0.0667. The van der Waals surface area contributed by atoms with Crippen molar-refractivity contribution in [2.24, 2.45) is 0 Å². The van der Waals surface area contributed by atoms with Gasteiger partial charge in [0.05, 0.1) is 0 Å². The second-order valence-electron chi connectivity index (χ2n) is 3.84. The first kappa shape index (κ1) is 12.8. The van der Waals surface area contributed by atoms with E-state index in [1.165, 1.54) is 18.2 Å². The lowest BCUT2D eigenvalue weighted by Crippen LogP contribution is -1.94. The van der Waals surface area contributed by atoms with Crippen LogP contribution in [-0.2, 0) is 0 Å². The fourth-order valence-electron chi connectivity index (χ4n) is 1.57. The molecule has 0 aliphatic rings. The van der Waals surface area contributed by atoms with Crippen molar-refractivity contribution < 1.29 is 9.13 Å². The first-order chi connectivity index (χ1) is 9.29. The monoisotopic (exact) mass is 255 g/mol. The lowest BCUT2D eigenvalue weighted by Gasteiger charge is -2.00. The highest BCUT2D eigenvalue weighted by Crippen LogP contribution is 2.28. The smallest absolute Gasteiger partial charge is 0.426 e. The summed E-state index contributed by atoms with van der Waals surface area (Å²) in [5, 5.41) is 8.75. The largest absolute Gasteiger partial charge is 0.482 e. The third kappa shape index (κ3) is 3.65. The second kappa shape index (κ2) is 6.31. The summed E-state index contributed by atoms with van der Waals surface area (Å²) in [5.74, 6) is -0.227. The molecule has 0 heterocycles. The molecule has 0 fully saturated rings. The van der Waals surface area contributed by atoms with Crippen LogP contribution in [0.25, 0.3) is 11.1 Å². The van der Waals surface area contributed by atoms with Crippen molar-refractivity contribution in [3.05, 3.63) is 71.0 Å². The zero-order valence-corrected chi connectivity index (χ0v) is 10.2. The highest BCUT2D eigenvalue weighted by Gasteiger charge is 2.15. The van der Waals surface area contributed by atoms with E-state index in [2.05, 4.69) is 4.98 Å². The van der Waals surface area contributed by atoms with E-state index in [-0.39, 0.29) is 18.0 Å². The SMILES string of the molecule is N#[N+]c1ccc(F)cc1OC/C=C/c1ccccc1. The van der Waals surface area contributed by atoms with Crippen molar-refractivity contribution in [1.82, 2.24) is 0 Å². The molecular weight excluding hydrogens is 243 g/mol. The van der Waals surface area contributed by atoms with Crippen LogP contribution in [0.1, 0.15) is 5.56 Å². The number of rotatable bonds is 4. The zero-order chi connectivity index (χ0) is 13.5. The lowest BCUT2D eigenvalue weighted by molar-refractivity contribution is 0.363. The molecule has 0 spiro atoms. The topological polar surface area (TPSA) is 37.4 Å². The lowest BCUT2D eigenvalue weighted by atomic mass is 10.2. The van der Waals surface area contributed by atoms with E-state index in [4.69, 9.17) is 10.1 Å². The van der Waals surface area contributed by atoms with E-state index in [0.717, 1.165) is 5.56 Å². The van der Waals surface area contributed by atoms with Crippen LogP contribution in [-0.4, -0.2) is 6.61 Å². The van der Waals surface area contributed by atoms with Crippen LogP contribution in [0.4, 0.5) is 10.1 Å². The molecule has 4 heteroatoms. The van der Waals surface area contributed by atoms with E-state index in [1.54, 1.807) is 6.08 Å².